The second-order valence-electron chi connectivity index (χ2n) is 5.77. The summed E-state index contributed by atoms with van der Waals surface area (Å²) in [5.41, 5.74) is 5.09. The summed E-state index contributed by atoms with van der Waals surface area (Å²) in [6, 6.07) is 3.18. The molecule has 8 heteroatoms. The van der Waals surface area contributed by atoms with Crippen LogP contribution in [-0.4, -0.2) is 41.5 Å². The summed E-state index contributed by atoms with van der Waals surface area (Å²) < 4.78 is 18.8. The number of hydrogen-bond acceptors (Lipinski definition) is 5. The lowest BCUT2D eigenvalue weighted by atomic mass is 9.92. The molecule has 126 valence electrons. The Kier molecular flexibility index (Phi) is 5.49. The lowest BCUT2D eigenvalue weighted by Crippen LogP contribution is -2.50. The number of hydrogen-bond donors (Lipinski definition) is 1. The van der Waals surface area contributed by atoms with Gasteiger partial charge in [0.05, 0.1) is 4.92 Å². The van der Waals surface area contributed by atoms with Crippen molar-refractivity contribution in [2.45, 2.75) is 25.8 Å². The van der Waals surface area contributed by atoms with Gasteiger partial charge in [-0.05, 0) is 24.8 Å². The quantitative estimate of drug-likeness (QED) is 0.656. The Hall–Kier alpha value is -2.22. The van der Waals surface area contributed by atoms with Crippen LogP contribution in [0.5, 0.6) is 5.75 Å². The molecule has 0 spiro atoms. The van der Waals surface area contributed by atoms with Crippen LogP contribution in [0.2, 0.25) is 0 Å². The van der Waals surface area contributed by atoms with E-state index in [0.717, 1.165) is 25.0 Å². The van der Waals surface area contributed by atoms with E-state index in [1.165, 1.54) is 6.07 Å². The number of likely N-dealkylation sites (tertiary alicyclic amines) is 1. The number of halogens is 1. The van der Waals surface area contributed by atoms with Crippen molar-refractivity contribution >= 4 is 11.6 Å². The molecule has 0 bridgehead atoms. The van der Waals surface area contributed by atoms with Crippen LogP contribution in [0.25, 0.3) is 0 Å². The molecule has 2 atom stereocenters. The molecule has 1 amide bonds. The minimum atomic E-state index is -0.994. The Bertz CT molecular complexity index is 596. The first-order valence-corrected chi connectivity index (χ1v) is 7.48. The normalized spacial score (nSPS) is 21.1. The van der Waals surface area contributed by atoms with E-state index in [1.54, 1.807) is 4.90 Å². The molecule has 0 saturated carbocycles. The summed E-state index contributed by atoms with van der Waals surface area (Å²) in [5, 5.41) is 10.6. The molecule has 1 saturated heterocycles. The molecule has 1 aromatic rings. The first-order chi connectivity index (χ1) is 10.9. The Labute approximate surface area is 133 Å². The van der Waals surface area contributed by atoms with Crippen LogP contribution in [0.15, 0.2) is 18.2 Å². The summed E-state index contributed by atoms with van der Waals surface area (Å²) in [4.78, 5) is 23.7. The zero-order valence-corrected chi connectivity index (χ0v) is 12.9. The maximum absolute atomic E-state index is 13.5. The van der Waals surface area contributed by atoms with E-state index in [1.807, 2.05) is 0 Å². The van der Waals surface area contributed by atoms with E-state index in [-0.39, 0.29) is 24.3 Å². The number of carbonyl (C=O) groups is 1. The average Bonchev–Trinajstić information content (AvgIpc) is 2.52. The van der Waals surface area contributed by atoms with Crippen molar-refractivity contribution in [2.24, 2.45) is 11.7 Å². The number of rotatable bonds is 5. The fraction of sp³-hybridized carbons (Fsp3) is 0.533. The Balaban J connectivity index is 1.96. The van der Waals surface area contributed by atoms with Crippen molar-refractivity contribution in [2.75, 3.05) is 19.7 Å². The van der Waals surface area contributed by atoms with Gasteiger partial charge in [0, 0.05) is 31.3 Å². The minimum Gasteiger partial charge on any atom is -0.484 e. The zero-order valence-electron chi connectivity index (χ0n) is 12.9. The highest BCUT2D eigenvalue weighted by Gasteiger charge is 2.29. The lowest BCUT2D eigenvalue weighted by molar-refractivity contribution is -0.387. The second kappa shape index (κ2) is 7.36. The smallest absolute Gasteiger partial charge is 0.305 e. The van der Waals surface area contributed by atoms with Crippen LogP contribution >= 0.6 is 0 Å². The SMILES string of the molecule is CC1CCN(C(=O)COc2ccc([N+](=O)[O-])c(F)c2)C(CN)C1. The molecule has 2 rings (SSSR count). The molecule has 1 aliphatic heterocycles. The maximum atomic E-state index is 13.5. The van der Waals surface area contributed by atoms with E-state index in [4.69, 9.17) is 10.5 Å². The van der Waals surface area contributed by atoms with Crippen LogP contribution in [0.4, 0.5) is 10.1 Å². The van der Waals surface area contributed by atoms with Gasteiger partial charge in [0.2, 0.25) is 5.82 Å². The van der Waals surface area contributed by atoms with E-state index in [0.29, 0.717) is 19.0 Å². The van der Waals surface area contributed by atoms with Crippen LogP contribution in [0.1, 0.15) is 19.8 Å². The number of benzene rings is 1. The Morgan fingerprint density at radius 1 is 1.57 bits per heavy atom. The van der Waals surface area contributed by atoms with E-state index >= 15 is 0 Å². The highest BCUT2D eigenvalue weighted by Crippen LogP contribution is 2.24. The van der Waals surface area contributed by atoms with Gasteiger partial charge >= 0.3 is 5.69 Å². The van der Waals surface area contributed by atoms with Crippen LogP contribution in [-0.2, 0) is 4.79 Å². The predicted octanol–water partition coefficient (Wildman–Crippen LogP) is 1.70. The topological polar surface area (TPSA) is 98.7 Å². The molecule has 1 aliphatic rings. The number of ether oxygens (including phenoxy) is 1. The summed E-state index contributed by atoms with van der Waals surface area (Å²) in [7, 11) is 0. The zero-order chi connectivity index (χ0) is 17.0. The van der Waals surface area contributed by atoms with Gasteiger partial charge in [0.15, 0.2) is 6.61 Å². The third-order valence-corrected chi connectivity index (χ3v) is 4.05. The highest BCUT2D eigenvalue weighted by molar-refractivity contribution is 5.78. The monoisotopic (exact) mass is 325 g/mol. The summed E-state index contributed by atoms with van der Waals surface area (Å²) >= 11 is 0. The first-order valence-electron chi connectivity index (χ1n) is 7.48. The molecule has 23 heavy (non-hydrogen) atoms. The number of carbonyl (C=O) groups excluding carboxylic acids is 1. The molecular weight excluding hydrogens is 305 g/mol. The Morgan fingerprint density at radius 3 is 2.91 bits per heavy atom. The molecule has 2 unspecified atom stereocenters. The van der Waals surface area contributed by atoms with E-state index < -0.39 is 16.4 Å². The van der Waals surface area contributed by atoms with Crippen LogP contribution in [0.3, 0.4) is 0 Å². The highest BCUT2D eigenvalue weighted by atomic mass is 19.1. The molecule has 0 aliphatic carbocycles. The summed E-state index contributed by atoms with van der Waals surface area (Å²) in [6.07, 6.45) is 1.77. The van der Waals surface area contributed by atoms with Gasteiger partial charge in [-0.25, -0.2) is 0 Å². The molecule has 1 aromatic carbocycles. The number of piperidine rings is 1. The number of amides is 1. The van der Waals surface area contributed by atoms with Gasteiger partial charge in [0.1, 0.15) is 5.75 Å². The van der Waals surface area contributed by atoms with Crippen molar-refractivity contribution < 1.29 is 18.8 Å². The Morgan fingerprint density at radius 2 is 2.30 bits per heavy atom. The predicted molar refractivity (Wildman–Crippen MR) is 81.5 cm³/mol. The summed E-state index contributed by atoms with van der Waals surface area (Å²) in [5.74, 6) is -0.605. The maximum Gasteiger partial charge on any atom is 0.305 e. The van der Waals surface area contributed by atoms with E-state index in [9.17, 15) is 19.3 Å². The van der Waals surface area contributed by atoms with Crippen molar-refractivity contribution in [3.63, 3.8) is 0 Å². The van der Waals surface area contributed by atoms with Crippen LogP contribution < -0.4 is 10.5 Å². The second-order valence-corrected chi connectivity index (χ2v) is 5.77. The molecule has 7 nitrogen and oxygen atoms in total. The van der Waals surface area contributed by atoms with Crippen molar-refractivity contribution in [3.8, 4) is 5.75 Å². The summed E-state index contributed by atoms with van der Waals surface area (Å²) in [6.45, 7) is 2.89. The van der Waals surface area contributed by atoms with Crippen molar-refractivity contribution in [1.82, 2.24) is 4.90 Å². The fourth-order valence-electron chi connectivity index (χ4n) is 2.76. The minimum absolute atomic E-state index is 0.0107. The largest absolute Gasteiger partial charge is 0.484 e. The van der Waals surface area contributed by atoms with Crippen molar-refractivity contribution in [3.05, 3.63) is 34.1 Å². The number of nitrogens with zero attached hydrogens (tertiary/aromatic N) is 2. The van der Waals surface area contributed by atoms with Gasteiger partial charge in [-0.3, -0.25) is 14.9 Å². The molecule has 1 fully saturated rings. The molecule has 0 aromatic heterocycles. The number of nitro benzene ring substituents is 1. The third kappa shape index (κ3) is 4.16. The average molecular weight is 325 g/mol. The van der Waals surface area contributed by atoms with E-state index in [2.05, 4.69) is 6.92 Å². The molecule has 0 radical (unpaired) electrons. The molecule has 1 heterocycles. The van der Waals surface area contributed by atoms with Crippen LogP contribution in [0, 0.1) is 21.8 Å². The third-order valence-electron chi connectivity index (χ3n) is 4.05. The number of nitrogens with two attached hydrogens (primary N) is 1. The number of nitro groups is 1. The van der Waals surface area contributed by atoms with Crippen molar-refractivity contribution in [1.29, 1.82) is 0 Å². The van der Waals surface area contributed by atoms with Gasteiger partial charge in [-0.15, -0.1) is 0 Å². The molecular formula is C15H20FN3O4. The van der Waals surface area contributed by atoms with Gasteiger partial charge < -0.3 is 15.4 Å². The first kappa shape index (κ1) is 17.1. The fourth-order valence-corrected chi connectivity index (χ4v) is 2.76. The van der Waals surface area contributed by atoms with Gasteiger partial charge in [0.25, 0.3) is 5.91 Å². The lowest BCUT2D eigenvalue weighted by Gasteiger charge is -2.37. The molecule has 2 N–H and O–H groups in total. The van der Waals surface area contributed by atoms with Gasteiger partial charge in [-0.1, -0.05) is 6.92 Å². The van der Waals surface area contributed by atoms with Gasteiger partial charge in [-0.2, -0.15) is 4.39 Å². The standard InChI is InChI=1S/C15H20FN3O4/c1-10-4-5-18(11(6-10)8-17)15(20)9-23-12-2-3-14(19(21)22)13(16)7-12/h2-3,7,10-11H,4-6,8-9,17H2,1H3.